The lowest BCUT2D eigenvalue weighted by Gasteiger charge is -2.02. The van der Waals surface area contributed by atoms with Crippen molar-refractivity contribution in [3.8, 4) is 5.75 Å². The molecule has 4 aromatic rings. The number of anilines is 2. The predicted molar refractivity (Wildman–Crippen MR) is 118 cm³/mol. The molecule has 0 radical (unpaired) electrons. The number of esters is 1. The number of hydrogen-bond acceptors (Lipinski definition) is 9. The first-order valence-corrected chi connectivity index (χ1v) is 10.8. The van der Waals surface area contributed by atoms with Gasteiger partial charge in [0.05, 0.1) is 37.0 Å². The van der Waals surface area contributed by atoms with E-state index in [4.69, 9.17) is 15.2 Å². The fourth-order valence-corrected chi connectivity index (χ4v) is 4.62. The summed E-state index contributed by atoms with van der Waals surface area (Å²) in [4.78, 5) is 34.3. The molecule has 0 saturated heterocycles. The lowest BCUT2D eigenvalue weighted by Crippen LogP contribution is -2.12. The molecule has 3 N–H and O–H groups in total. The first-order chi connectivity index (χ1) is 14.5. The topological polar surface area (TPSA) is 116 Å². The summed E-state index contributed by atoms with van der Waals surface area (Å²) in [5.74, 6) is -0.00354. The lowest BCUT2D eigenvalue weighted by atomic mass is 10.1. The average molecular weight is 443 g/mol. The molecule has 0 fully saturated rings. The van der Waals surface area contributed by atoms with Crippen LogP contribution in [0.5, 0.6) is 5.75 Å². The van der Waals surface area contributed by atoms with Gasteiger partial charge in [0, 0.05) is 16.2 Å². The number of thiazole rings is 1. The van der Waals surface area contributed by atoms with Crippen LogP contribution in [0.1, 0.15) is 22.3 Å². The van der Waals surface area contributed by atoms with E-state index in [-0.39, 0.29) is 18.3 Å². The molecule has 0 aliphatic heterocycles. The summed E-state index contributed by atoms with van der Waals surface area (Å²) in [6.45, 7) is 2.06. The molecule has 1 amide bonds. The molecule has 30 heavy (non-hydrogen) atoms. The van der Waals surface area contributed by atoms with Crippen LogP contribution in [0.4, 0.5) is 10.8 Å². The Bertz CT molecular complexity index is 1260. The molecule has 1 aromatic carbocycles. The third kappa shape index (κ3) is 3.91. The Balaban J connectivity index is 1.59. The van der Waals surface area contributed by atoms with Gasteiger partial charge in [-0.15, -0.1) is 22.7 Å². The number of ether oxygens (including phenoxy) is 2. The number of nitrogens with zero attached hydrogens (tertiary/aromatic N) is 2. The van der Waals surface area contributed by atoms with Crippen molar-refractivity contribution < 1.29 is 19.1 Å². The summed E-state index contributed by atoms with van der Waals surface area (Å²) in [5, 5.41) is 6.44. The maximum absolute atomic E-state index is 12.8. The number of carbonyl (C=O) groups excluding carboxylic acids is 2. The van der Waals surface area contributed by atoms with Gasteiger partial charge in [0.15, 0.2) is 5.13 Å². The lowest BCUT2D eigenvalue weighted by molar-refractivity contribution is -0.142. The smallest absolute Gasteiger partial charge is 0.311 e. The predicted octanol–water partition coefficient (Wildman–Crippen LogP) is 3.85. The highest BCUT2D eigenvalue weighted by Crippen LogP contribution is 2.35. The number of carbonyl (C=O) groups is 2. The number of hydrogen-bond donors (Lipinski definition) is 2. The van der Waals surface area contributed by atoms with Crippen molar-refractivity contribution in [2.45, 2.75) is 13.3 Å². The van der Waals surface area contributed by atoms with E-state index in [9.17, 15) is 9.59 Å². The molecule has 0 aliphatic rings. The Kier molecular flexibility index (Phi) is 5.51. The van der Waals surface area contributed by atoms with Crippen LogP contribution in [0.25, 0.3) is 21.1 Å². The highest BCUT2D eigenvalue weighted by Gasteiger charge is 2.19. The van der Waals surface area contributed by atoms with Crippen LogP contribution in [0.15, 0.2) is 29.6 Å². The SMILES string of the molecule is CCOC(=O)Cc1csc(NC(=O)c2sc3nc4ccc(OC)cc4cc3c2N)n1. The van der Waals surface area contributed by atoms with E-state index in [0.717, 1.165) is 16.7 Å². The number of methoxy groups -OCH3 is 1. The molecule has 3 heterocycles. The number of benzene rings is 1. The van der Waals surface area contributed by atoms with Crippen LogP contribution < -0.4 is 15.8 Å². The zero-order valence-corrected chi connectivity index (χ0v) is 17.9. The number of rotatable bonds is 6. The summed E-state index contributed by atoms with van der Waals surface area (Å²) in [7, 11) is 1.60. The number of aromatic nitrogens is 2. The number of thiophene rings is 1. The van der Waals surface area contributed by atoms with E-state index in [0.29, 0.717) is 38.2 Å². The van der Waals surface area contributed by atoms with Gasteiger partial charge in [-0.1, -0.05) is 0 Å². The summed E-state index contributed by atoms with van der Waals surface area (Å²) in [6.07, 6.45) is 0.0607. The molecule has 4 rings (SSSR count). The van der Waals surface area contributed by atoms with Crippen LogP contribution >= 0.6 is 22.7 Å². The number of fused-ring (bicyclic) bond motifs is 2. The van der Waals surface area contributed by atoms with E-state index in [1.807, 2.05) is 24.3 Å². The molecular weight excluding hydrogens is 424 g/mol. The second kappa shape index (κ2) is 8.25. The molecule has 3 aromatic heterocycles. The van der Waals surface area contributed by atoms with Crippen molar-refractivity contribution in [1.82, 2.24) is 9.97 Å². The number of pyridine rings is 1. The zero-order valence-electron chi connectivity index (χ0n) is 16.2. The van der Waals surface area contributed by atoms with E-state index in [2.05, 4.69) is 15.3 Å². The molecule has 0 unspecified atom stereocenters. The second-order valence-corrected chi connectivity index (χ2v) is 8.18. The van der Waals surface area contributed by atoms with Crippen LogP contribution in [0.3, 0.4) is 0 Å². The highest BCUT2D eigenvalue weighted by atomic mass is 32.1. The fourth-order valence-electron chi connectivity index (χ4n) is 2.94. The number of amides is 1. The minimum Gasteiger partial charge on any atom is -0.497 e. The molecule has 10 heteroatoms. The van der Waals surface area contributed by atoms with Gasteiger partial charge in [0.1, 0.15) is 15.5 Å². The van der Waals surface area contributed by atoms with Gasteiger partial charge in [0.25, 0.3) is 5.91 Å². The van der Waals surface area contributed by atoms with Crippen molar-refractivity contribution >= 4 is 66.5 Å². The molecular formula is C20H18N4O4S2. The molecule has 0 aliphatic carbocycles. The normalized spacial score (nSPS) is 11.0. The Labute approximate surface area is 179 Å². The van der Waals surface area contributed by atoms with Gasteiger partial charge < -0.3 is 15.2 Å². The maximum atomic E-state index is 12.8. The molecule has 0 atom stereocenters. The molecule has 8 nitrogen and oxygen atoms in total. The van der Waals surface area contributed by atoms with Gasteiger partial charge >= 0.3 is 5.97 Å². The van der Waals surface area contributed by atoms with Crippen molar-refractivity contribution in [1.29, 1.82) is 0 Å². The van der Waals surface area contributed by atoms with Crippen LogP contribution in [0.2, 0.25) is 0 Å². The zero-order chi connectivity index (χ0) is 21.3. The number of nitrogens with two attached hydrogens (primary N) is 1. The van der Waals surface area contributed by atoms with Gasteiger partial charge in [0.2, 0.25) is 0 Å². The first kappa shape index (κ1) is 20.0. The van der Waals surface area contributed by atoms with Crippen molar-refractivity contribution in [3.05, 3.63) is 40.2 Å². The third-order valence-electron chi connectivity index (χ3n) is 4.33. The highest BCUT2D eigenvalue weighted by molar-refractivity contribution is 7.21. The summed E-state index contributed by atoms with van der Waals surface area (Å²) < 4.78 is 10.2. The first-order valence-electron chi connectivity index (χ1n) is 9.06. The molecule has 154 valence electrons. The largest absolute Gasteiger partial charge is 0.497 e. The third-order valence-corrected chi connectivity index (χ3v) is 6.25. The van der Waals surface area contributed by atoms with Gasteiger partial charge in [-0.3, -0.25) is 14.9 Å². The minimum absolute atomic E-state index is 0.0607. The average Bonchev–Trinajstić information content (AvgIpc) is 3.30. The van der Waals surface area contributed by atoms with Gasteiger partial charge in [-0.2, -0.15) is 0 Å². The van der Waals surface area contributed by atoms with E-state index < -0.39 is 0 Å². The maximum Gasteiger partial charge on any atom is 0.311 e. The standard InChI is InChI=1S/C20H18N4O4S2/c1-3-28-15(25)8-11-9-29-20(22-11)24-18(26)17-16(21)13-7-10-6-12(27-2)4-5-14(10)23-19(13)30-17/h4-7,9H,3,8,21H2,1-2H3,(H,22,24,26). The van der Waals surface area contributed by atoms with Crippen molar-refractivity contribution in [2.24, 2.45) is 0 Å². The van der Waals surface area contributed by atoms with E-state index in [1.54, 1.807) is 19.4 Å². The Morgan fingerprint density at radius 1 is 1.23 bits per heavy atom. The Morgan fingerprint density at radius 3 is 2.83 bits per heavy atom. The Hall–Kier alpha value is -3.24. The summed E-state index contributed by atoms with van der Waals surface area (Å²) in [6, 6.07) is 7.48. The van der Waals surface area contributed by atoms with Gasteiger partial charge in [-0.25, -0.2) is 9.97 Å². The van der Waals surface area contributed by atoms with Crippen LogP contribution in [-0.2, 0) is 16.0 Å². The van der Waals surface area contributed by atoms with Crippen LogP contribution in [0, 0.1) is 0 Å². The second-order valence-electron chi connectivity index (χ2n) is 6.32. The van der Waals surface area contributed by atoms with E-state index >= 15 is 0 Å². The number of nitrogens with one attached hydrogen (secondary N) is 1. The molecule has 0 bridgehead atoms. The van der Waals surface area contributed by atoms with Gasteiger partial charge in [-0.05, 0) is 31.2 Å². The molecule has 0 spiro atoms. The van der Waals surface area contributed by atoms with Crippen molar-refractivity contribution in [2.75, 3.05) is 24.8 Å². The van der Waals surface area contributed by atoms with Crippen LogP contribution in [-0.4, -0.2) is 35.6 Å². The number of nitrogen functional groups attached to an aromatic ring is 1. The fraction of sp³-hybridized carbons (Fsp3) is 0.200. The monoisotopic (exact) mass is 442 g/mol. The molecule has 0 saturated carbocycles. The summed E-state index contributed by atoms with van der Waals surface area (Å²) >= 11 is 2.46. The Morgan fingerprint density at radius 2 is 2.07 bits per heavy atom. The van der Waals surface area contributed by atoms with E-state index in [1.165, 1.54) is 22.7 Å². The van der Waals surface area contributed by atoms with Crippen molar-refractivity contribution in [3.63, 3.8) is 0 Å². The minimum atomic E-state index is -0.367. The summed E-state index contributed by atoms with van der Waals surface area (Å²) in [5.41, 5.74) is 7.96. The quantitative estimate of drug-likeness (QED) is 0.436.